The third kappa shape index (κ3) is 1.63. The van der Waals surface area contributed by atoms with Crippen molar-refractivity contribution in [1.29, 1.82) is 0 Å². The Kier molecular flexibility index (Phi) is 2.07. The Hall–Kier alpha value is -1.29. The maximum absolute atomic E-state index is 13.5. The van der Waals surface area contributed by atoms with E-state index in [1.54, 1.807) is 6.07 Å². The van der Waals surface area contributed by atoms with E-state index >= 15 is 0 Å². The number of benzene rings is 1. The minimum Gasteiger partial charge on any atom is -0.486 e. The highest BCUT2D eigenvalue weighted by molar-refractivity contribution is 5.49. The van der Waals surface area contributed by atoms with Crippen molar-refractivity contribution in [3.8, 4) is 11.5 Å². The van der Waals surface area contributed by atoms with Gasteiger partial charge in [-0.05, 0) is 25.3 Å². The smallest absolute Gasteiger partial charge is 0.197 e. The minimum absolute atomic E-state index is 0.105. The number of fused-ring (bicyclic) bond motifs is 1. The fourth-order valence-corrected chi connectivity index (χ4v) is 2.02. The van der Waals surface area contributed by atoms with Crippen molar-refractivity contribution in [2.24, 2.45) is 5.73 Å². The van der Waals surface area contributed by atoms with Crippen molar-refractivity contribution in [3.05, 3.63) is 23.5 Å². The second kappa shape index (κ2) is 3.35. The van der Waals surface area contributed by atoms with Gasteiger partial charge in [0.1, 0.15) is 13.2 Å². The molecule has 1 aromatic rings. The molecule has 16 heavy (non-hydrogen) atoms. The number of ether oxygens (including phenoxy) is 2. The largest absolute Gasteiger partial charge is 0.486 e. The van der Waals surface area contributed by atoms with Gasteiger partial charge in [-0.3, -0.25) is 0 Å². The predicted molar refractivity (Wildman–Crippen MR) is 57.2 cm³/mol. The second-order valence-corrected chi connectivity index (χ2v) is 4.60. The van der Waals surface area contributed by atoms with Gasteiger partial charge in [0, 0.05) is 11.1 Å². The topological polar surface area (TPSA) is 44.5 Å². The molecule has 3 rings (SSSR count). The van der Waals surface area contributed by atoms with Crippen LogP contribution in [0.3, 0.4) is 0 Å². The molecule has 0 spiro atoms. The van der Waals surface area contributed by atoms with Crippen LogP contribution in [-0.4, -0.2) is 18.8 Å². The quantitative estimate of drug-likeness (QED) is 0.828. The van der Waals surface area contributed by atoms with Crippen molar-refractivity contribution >= 4 is 0 Å². The zero-order valence-electron chi connectivity index (χ0n) is 8.96. The average molecular weight is 223 g/mol. The standard InChI is InChI=1S/C12H14FNO2/c13-9-2-1-8(7-12(14)3-4-12)10-11(9)16-6-5-15-10/h1-2H,3-7,14H2. The minimum atomic E-state index is -0.361. The van der Waals surface area contributed by atoms with Crippen molar-refractivity contribution in [3.63, 3.8) is 0 Å². The fraction of sp³-hybridized carbons (Fsp3) is 0.500. The first kappa shape index (κ1) is 9.90. The van der Waals surface area contributed by atoms with Gasteiger partial charge in [0.25, 0.3) is 0 Å². The number of halogens is 1. The van der Waals surface area contributed by atoms with Gasteiger partial charge in [0.2, 0.25) is 0 Å². The highest BCUT2D eigenvalue weighted by atomic mass is 19.1. The summed E-state index contributed by atoms with van der Waals surface area (Å²) in [6.07, 6.45) is 2.79. The SMILES string of the molecule is NC1(Cc2ccc(F)c3c2OCCO3)CC1. The molecule has 1 aliphatic heterocycles. The van der Waals surface area contributed by atoms with E-state index in [1.807, 2.05) is 0 Å². The number of nitrogens with two attached hydrogens (primary N) is 1. The van der Waals surface area contributed by atoms with Crippen LogP contribution in [0.5, 0.6) is 11.5 Å². The summed E-state index contributed by atoms with van der Waals surface area (Å²) in [5, 5.41) is 0. The molecule has 0 unspecified atom stereocenters. The molecular formula is C12H14FNO2. The summed E-state index contributed by atoms with van der Waals surface area (Å²) in [6, 6.07) is 3.17. The Labute approximate surface area is 93.3 Å². The van der Waals surface area contributed by atoms with Gasteiger partial charge in [-0.25, -0.2) is 4.39 Å². The Bertz CT molecular complexity index is 429. The molecule has 0 saturated heterocycles. The molecule has 2 N–H and O–H groups in total. The van der Waals surface area contributed by atoms with Crippen molar-refractivity contribution in [2.75, 3.05) is 13.2 Å². The summed E-state index contributed by atoms with van der Waals surface area (Å²) in [5.41, 5.74) is 6.91. The lowest BCUT2D eigenvalue weighted by molar-refractivity contribution is 0.162. The van der Waals surface area contributed by atoms with Gasteiger partial charge >= 0.3 is 0 Å². The highest BCUT2D eigenvalue weighted by Gasteiger charge is 2.39. The molecule has 1 fully saturated rings. The van der Waals surface area contributed by atoms with Crippen LogP contribution >= 0.6 is 0 Å². The van der Waals surface area contributed by atoms with Crippen LogP contribution in [0.2, 0.25) is 0 Å². The predicted octanol–water partition coefficient (Wildman–Crippen LogP) is 1.63. The maximum Gasteiger partial charge on any atom is 0.197 e. The first-order valence-electron chi connectivity index (χ1n) is 5.54. The third-order valence-electron chi connectivity index (χ3n) is 3.16. The lowest BCUT2D eigenvalue weighted by Gasteiger charge is -2.22. The normalized spacial score (nSPS) is 20.6. The molecule has 0 amide bonds. The van der Waals surface area contributed by atoms with E-state index in [0.717, 1.165) is 24.8 Å². The van der Waals surface area contributed by atoms with Crippen LogP contribution in [0.4, 0.5) is 4.39 Å². The molecular weight excluding hydrogens is 209 g/mol. The van der Waals surface area contributed by atoms with Crippen LogP contribution in [0.15, 0.2) is 12.1 Å². The lowest BCUT2D eigenvalue weighted by Crippen LogP contribution is -2.26. The summed E-state index contributed by atoms with van der Waals surface area (Å²) in [4.78, 5) is 0. The van der Waals surface area contributed by atoms with Crippen LogP contribution in [0, 0.1) is 5.82 Å². The Morgan fingerprint density at radius 1 is 1.19 bits per heavy atom. The summed E-state index contributed by atoms with van der Waals surface area (Å²) in [7, 11) is 0. The zero-order chi connectivity index (χ0) is 11.2. The number of hydrogen-bond donors (Lipinski definition) is 1. The van der Waals surface area contributed by atoms with Gasteiger partial charge in [0.05, 0.1) is 0 Å². The molecule has 3 nitrogen and oxygen atoms in total. The second-order valence-electron chi connectivity index (χ2n) is 4.60. The van der Waals surface area contributed by atoms with Crippen LogP contribution in [-0.2, 0) is 6.42 Å². The van der Waals surface area contributed by atoms with E-state index in [0.29, 0.717) is 19.0 Å². The van der Waals surface area contributed by atoms with Gasteiger partial charge in [-0.2, -0.15) is 0 Å². The zero-order valence-corrected chi connectivity index (χ0v) is 8.96. The van der Waals surface area contributed by atoms with E-state index in [-0.39, 0.29) is 17.1 Å². The van der Waals surface area contributed by atoms with E-state index in [2.05, 4.69) is 0 Å². The molecule has 1 aliphatic carbocycles. The molecule has 0 radical (unpaired) electrons. The Balaban J connectivity index is 1.98. The molecule has 2 aliphatic rings. The molecule has 0 aromatic heterocycles. The van der Waals surface area contributed by atoms with Crippen LogP contribution in [0.25, 0.3) is 0 Å². The molecule has 0 atom stereocenters. The number of rotatable bonds is 2. The molecule has 0 bridgehead atoms. The summed E-state index contributed by atoms with van der Waals surface area (Å²) < 4.78 is 24.2. The summed E-state index contributed by atoms with van der Waals surface area (Å²) in [5.74, 6) is 0.427. The van der Waals surface area contributed by atoms with Crippen LogP contribution in [0.1, 0.15) is 18.4 Å². The van der Waals surface area contributed by atoms with Gasteiger partial charge in [-0.15, -0.1) is 0 Å². The Morgan fingerprint density at radius 3 is 2.56 bits per heavy atom. The first-order chi connectivity index (χ1) is 7.68. The van der Waals surface area contributed by atoms with Gasteiger partial charge < -0.3 is 15.2 Å². The first-order valence-corrected chi connectivity index (χ1v) is 5.54. The van der Waals surface area contributed by atoms with Crippen molar-refractivity contribution < 1.29 is 13.9 Å². The molecule has 1 saturated carbocycles. The van der Waals surface area contributed by atoms with Crippen molar-refractivity contribution in [1.82, 2.24) is 0 Å². The third-order valence-corrected chi connectivity index (χ3v) is 3.16. The number of hydrogen-bond acceptors (Lipinski definition) is 3. The van der Waals surface area contributed by atoms with E-state index in [1.165, 1.54) is 6.07 Å². The molecule has 1 heterocycles. The lowest BCUT2D eigenvalue weighted by atomic mass is 10.0. The summed E-state index contributed by atoms with van der Waals surface area (Å²) >= 11 is 0. The fourth-order valence-electron chi connectivity index (χ4n) is 2.02. The van der Waals surface area contributed by atoms with E-state index < -0.39 is 0 Å². The average Bonchev–Trinajstić information content (AvgIpc) is 3.01. The summed E-state index contributed by atoms with van der Waals surface area (Å²) in [6.45, 7) is 0.877. The van der Waals surface area contributed by atoms with Gasteiger partial charge in [-0.1, -0.05) is 6.07 Å². The molecule has 4 heteroatoms. The molecule has 1 aromatic carbocycles. The van der Waals surface area contributed by atoms with Crippen molar-refractivity contribution in [2.45, 2.75) is 24.8 Å². The Morgan fingerprint density at radius 2 is 1.88 bits per heavy atom. The maximum atomic E-state index is 13.5. The van der Waals surface area contributed by atoms with Crippen LogP contribution < -0.4 is 15.2 Å². The highest BCUT2D eigenvalue weighted by Crippen LogP contribution is 2.42. The molecule has 86 valence electrons. The van der Waals surface area contributed by atoms with E-state index in [4.69, 9.17) is 15.2 Å². The van der Waals surface area contributed by atoms with E-state index in [9.17, 15) is 4.39 Å². The monoisotopic (exact) mass is 223 g/mol. The van der Waals surface area contributed by atoms with Gasteiger partial charge in [0.15, 0.2) is 17.3 Å².